The molecule has 2 aromatic heterocycles. The first-order valence-electron chi connectivity index (χ1n) is 18.5. The second-order valence-electron chi connectivity index (χ2n) is 14.4. The maximum absolute atomic E-state index is 6.73. The normalized spacial score (nSPS) is 15.1. The van der Waals surface area contributed by atoms with E-state index in [0.717, 1.165) is 55.5 Å². The van der Waals surface area contributed by atoms with Crippen LogP contribution in [0, 0.1) is 0 Å². The molecule has 3 heteroatoms. The molecule has 0 amide bonds. The highest BCUT2D eigenvalue weighted by Crippen LogP contribution is 2.65. The molecule has 12 rings (SSSR count). The van der Waals surface area contributed by atoms with Crippen LogP contribution in [0.5, 0.6) is 0 Å². The molecule has 54 heavy (non-hydrogen) atoms. The molecule has 0 fully saturated rings. The molecule has 3 nitrogen and oxygen atoms in total. The fourth-order valence-corrected chi connectivity index (χ4v) is 9.51. The summed E-state index contributed by atoms with van der Waals surface area (Å²) in [5.74, 6) is 0.721. The maximum Gasteiger partial charge on any atom is 0.161 e. The van der Waals surface area contributed by atoms with Gasteiger partial charge >= 0.3 is 0 Å². The van der Waals surface area contributed by atoms with Crippen molar-refractivity contribution in [3.8, 4) is 56.0 Å². The van der Waals surface area contributed by atoms with Crippen molar-refractivity contribution in [1.29, 1.82) is 0 Å². The second kappa shape index (κ2) is 11.0. The number of benzene rings is 8. The fraction of sp³-hybridized carbons (Fsp3) is 0.0196. The Morgan fingerprint density at radius 1 is 0.370 bits per heavy atom. The van der Waals surface area contributed by atoms with Crippen LogP contribution < -0.4 is 0 Å². The Morgan fingerprint density at radius 2 is 0.963 bits per heavy atom. The van der Waals surface area contributed by atoms with E-state index in [0.29, 0.717) is 0 Å². The highest BCUT2D eigenvalue weighted by Gasteiger charge is 2.53. The summed E-state index contributed by atoms with van der Waals surface area (Å²) in [6, 6.07) is 65.1. The predicted molar refractivity (Wildman–Crippen MR) is 219 cm³/mol. The van der Waals surface area contributed by atoms with Crippen LogP contribution in [0.1, 0.15) is 22.3 Å². The summed E-state index contributed by atoms with van der Waals surface area (Å²) in [5, 5.41) is 3.32. The van der Waals surface area contributed by atoms with Gasteiger partial charge in [0.05, 0.1) is 16.6 Å². The minimum Gasteiger partial charge on any atom is -0.455 e. The number of nitrogens with zero attached hydrogens (tertiary/aromatic N) is 2. The van der Waals surface area contributed by atoms with Crippen LogP contribution >= 0.6 is 0 Å². The number of furan rings is 1. The highest BCUT2D eigenvalue weighted by molar-refractivity contribution is 6.13. The van der Waals surface area contributed by atoms with Gasteiger partial charge in [-0.2, -0.15) is 0 Å². The minimum atomic E-state index is -0.534. The predicted octanol–water partition coefficient (Wildman–Crippen LogP) is 12.9. The van der Waals surface area contributed by atoms with E-state index in [-0.39, 0.29) is 0 Å². The summed E-state index contributed by atoms with van der Waals surface area (Å²) in [6.45, 7) is 0. The van der Waals surface area contributed by atoms with Gasteiger partial charge in [-0.15, -0.1) is 0 Å². The summed E-state index contributed by atoms with van der Waals surface area (Å²) in [5.41, 5.74) is 17.5. The van der Waals surface area contributed by atoms with Crippen molar-refractivity contribution >= 4 is 32.8 Å². The highest BCUT2D eigenvalue weighted by atomic mass is 16.3. The van der Waals surface area contributed by atoms with Crippen molar-refractivity contribution in [2.75, 3.05) is 0 Å². The van der Waals surface area contributed by atoms with Gasteiger partial charge in [0, 0.05) is 32.8 Å². The Bertz CT molecular complexity index is 3160. The number of para-hydroxylation sites is 2. The van der Waals surface area contributed by atoms with E-state index >= 15 is 0 Å². The van der Waals surface area contributed by atoms with Gasteiger partial charge in [-0.05, 0) is 62.2 Å². The summed E-state index contributed by atoms with van der Waals surface area (Å²) in [6.07, 6.45) is 0. The number of hydrogen-bond donors (Lipinski definition) is 0. The third-order valence-corrected chi connectivity index (χ3v) is 11.7. The third-order valence-electron chi connectivity index (χ3n) is 11.7. The number of rotatable bonds is 3. The summed E-state index contributed by atoms with van der Waals surface area (Å²) in [4.78, 5) is 10.7. The maximum atomic E-state index is 6.73. The van der Waals surface area contributed by atoms with Gasteiger partial charge in [0.25, 0.3) is 0 Å². The first kappa shape index (κ1) is 29.5. The monoisotopic (exact) mass is 686 g/mol. The molecule has 1 spiro atoms. The van der Waals surface area contributed by atoms with E-state index in [1.54, 1.807) is 0 Å². The second-order valence-corrected chi connectivity index (χ2v) is 14.4. The Morgan fingerprint density at radius 3 is 1.78 bits per heavy atom. The van der Waals surface area contributed by atoms with E-state index in [4.69, 9.17) is 14.4 Å². The van der Waals surface area contributed by atoms with Crippen LogP contribution in [0.4, 0.5) is 0 Å². The van der Waals surface area contributed by atoms with Gasteiger partial charge in [0.1, 0.15) is 11.2 Å². The van der Waals surface area contributed by atoms with Gasteiger partial charge in [-0.3, -0.25) is 0 Å². The lowest BCUT2D eigenvalue weighted by Crippen LogP contribution is -2.25. The molecule has 0 bridgehead atoms. The van der Waals surface area contributed by atoms with Gasteiger partial charge < -0.3 is 4.42 Å². The Hall–Kier alpha value is -7.10. The molecule has 1 atom stereocenters. The van der Waals surface area contributed by atoms with Gasteiger partial charge in [0.15, 0.2) is 5.82 Å². The molecule has 2 aliphatic carbocycles. The Labute approximate surface area is 311 Å². The van der Waals surface area contributed by atoms with Gasteiger partial charge in [-0.1, -0.05) is 170 Å². The fourth-order valence-electron chi connectivity index (χ4n) is 9.51. The zero-order valence-corrected chi connectivity index (χ0v) is 29.1. The lowest BCUT2D eigenvalue weighted by atomic mass is 9.70. The molecular weight excluding hydrogens is 657 g/mol. The van der Waals surface area contributed by atoms with Crippen molar-refractivity contribution in [3.63, 3.8) is 0 Å². The van der Waals surface area contributed by atoms with Crippen LogP contribution in [0.3, 0.4) is 0 Å². The number of hydrogen-bond acceptors (Lipinski definition) is 3. The van der Waals surface area contributed by atoms with Crippen LogP contribution in [-0.4, -0.2) is 9.97 Å². The minimum absolute atomic E-state index is 0.534. The van der Waals surface area contributed by atoms with Crippen LogP contribution in [0.2, 0.25) is 0 Å². The average molecular weight is 687 g/mol. The molecule has 1 unspecified atom stereocenters. The molecule has 8 aromatic carbocycles. The Kier molecular flexibility index (Phi) is 5.98. The topological polar surface area (TPSA) is 38.9 Å². The van der Waals surface area contributed by atoms with Crippen molar-refractivity contribution in [3.05, 3.63) is 204 Å². The SMILES string of the molecule is c1ccc(-c2ccc(-c3nc(-c4cccc5c4-c4ccccc4C54c5ccccc5-c5c4ccc4c5oc5ccccc54)nc4ccccc34)cc2)cc1. The molecule has 250 valence electrons. The molecule has 10 aromatic rings. The van der Waals surface area contributed by atoms with E-state index < -0.39 is 5.41 Å². The van der Waals surface area contributed by atoms with Gasteiger partial charge in [-0.25, -0.2) is 9.97 Å². The van der Waals surface area contributed by atoms with Crippen LogP contribution in [-0.2, 0) is 5.41 Å². The smallest absolute Gasteiger partial charge is 0.161 e. The molecular formula is C51H30N2O. The van der Waals surface area contributed by atoms with Crippen molar-refractivity contribution in [2.45, 2.75) is 5.41 Å². The zero-order valence-electron chi connectivity index (χ0n) is 29.1. The van der Waals surface area contributed by atoms with Crippen molar-refractivity contribution in [2.24, 2.45) is 0 Å². The molecule has 0 aliphatic heterocycles. The summed E-state index contributed by atoms with van der Waals surface area (Å²) >= 11 is 0. The first-order chi connectivity index (χ1) is 26.8. The average Bonchev–Trinajstić information content (AvgIpc) is 3.88. The van der Waals surface area contributed by atoms with Crippen LogP contribution in [0.15, 0.2) is 186 Å². The molecule has 0 saturated carbocycles. The molecule has 2 aliphatic rings. The van der Waals surface area contributed by atoms with Crippen molar-refractivity contribution in [1.82, 2.24) is 9.97 Å². The lowest BCUT2D eigenvalue weighted by Gasteiger charge is -2.30. The largest absolute Gasteiger partial charge is 0.455 e. The zero-order chi connectivity index (χ0) is 35.4. The molecule has 0 N–H and O–H groups in total. The third kappa shape index (κ3) is 3.85. The van der Waals surface area contributed by atoms with E-state index in [1.807, 2.05) is 6.07 Å². The van der Waals surface area contributed by atoms with E-state index in [1.165, 1.54) is 55.6 Å². The van der Waals surface area contributed by atoms with Crippen LogP contribution in [0.25, 0.3) is 88.9 Å². The molecule has 2 heterocycles. The quantitative estimate of drug-likeness (QED) is 0.186. The van der Waals surface area contributed by atoms with E-state index in [9.17, 15) is 0 Å². The standard InChI is InChI=1S/C51H30N2O/c1-2-13-31(14-3-1)32-25-27-33(28-26-32)48-38-18-6-10-23-44(38)52-50(53-48)39-19-12-22-42-46(39)36-16-4-8-20-40(36)51(42)41-21-9-5-17-37(41)47-43(51)30-29-35-34-15-7-11-24-45(34)54-49(35)47/h1-30H. The summed E-state index contributed by atoms with van der Waals surface area (Å²) in [7, 11) is 0. The number of fused-ring (bicyclic) bond motifs is 15. The summed E-state index contributed by atoms with van der Waals surface area (Å²) < 4.78 is 6.73. The molecule has 0 radical (unpaired) electrons. The first-order valence-corrected chi connectivity index (χ1v) is 18.5. The van der Waals surface area contributed by atoms with Crippen molar-refractivity contribution < 1.29 is 4.42 Å². The van der Waals surface area contributed by atoms with E-state index in [2.05, 4.69) is 176 Å². The van der Waals surface area contributed by atoms with Gasteiger partial charge in [0.2, 0.25) is 0 Å². The lowest BCUT2D eigenvalue weighted by molar-refractivity contribution is 0.669. The molecule has 0 saturated heterocycles. The number of aromatic nitrogens is 2. The Balaban J connectivity index is 1.12.